The van der Waals surface area contributed by atoms with E-state index < -0.39 is 21.4 Å². The number of hydrogen-bond acceptors (Lipinski definition) is 6. The van der Waals surface area contributed by atoms with Crippen LogP contribution >= 0.6 is 23.4 Å². The molecule has 0 bridgehead atoms. The van der Waals surface area contributed by atoms with Crippen molar-refractivity contribution in [1.82, 2.24) is 0 Å². The first kappa shape index (κ1) is 26.5. The van der Waals surface area contributed by atoms with Crippen LogP contribution in [0.1, 0.15) is 24.0 Å². The second-order valence-electron chi connectivity index (χ2n) is 8.16. The Balaban J connectivity index is 1.55. The Labute approximate surface area is 209 Å². The maximum atomic E-state index is 11.0. The zero-order valence-electron chi connectivity index (χ0n) is 18.6. The quantitative estimate of drug-likeness (QED) is 0.288. The third-order valence-corrected chi connectivity index (χ3v) is 7.47. The van der Waals surface area contributed by atoms with Gasteiger partial charge in [-0.3, -0.25) is 4.55 Å². The number of aryl methyl sites for hydroxylation is 1. The van der Waals surface area contributed by atoms with Crippen LogP contribution in [-0.2, 0) is 23.1 Å². The molecule has 0 aliphatic heterocycles. The van der Waals surface area contributed by atoms with Gasteiger partial charge in [-0.15, -0.1) is 0 Å². The van der Waals surface area contributed by atoms with Crippen molar-refractivity contribution in [3.63, 3.8) is 0 Å². The van der Waals surface area contributed by atoms with Gasteiger partial charge >= 0.3 is 0 Å². The lowest BCUT2D eigenvalue weighted by atomic mass is 9.90. The van der Waals surface area contributed by atoms with Crippen LogP contribution in [0.15, 0.2) is 82.6 Å². The fraction of sp³-hybridized carbons (Fsp3) is 0.280. The van der Waals surface area contributed by atoms with Crippen molar-refractivity contribution < 1.29 is 22.8 Å². The third kappa shape index (κ3) is 8.61. The molecule has 3 aromatic rings. The van der Waals surface area contributed by atoms with Crippen LogP contribution in [0.4, 0.5) is 0 Å². The largest absolute Gasteiger partial charge is 0.489 e. The lowest BCUT2D eigenvalue weighted by Crippen LogP contribution is -2.45. The number of rotatable bonds is 12. The average molecular weight is 522 g/mol. The van der Waals surface area contributed by atoms with Gasteiger partial charge < -0.3 is 15.6 Å². The molecular weight excluding hydrogens is 494 g/mol. The van der Waals surface area contributed by atoms with E-state index in [1.54, 1.807) is 11.8 Å². The molecule has 0 aromatic heterocycles. The first-order valence-corrected chi connectivity index (χ1v) is 13.5. The van der Waals surface area contributed by atoms with Gasteiger partial charge in [0.15, 0.2) is 0 Å². The van der Waals surface area contributed by atoms with Crippen molar-refractivity contribution in [1.29, 1.82) is 0 Å². The Kier molecular flexibility index (Phi) is 9.41. The number of halogens is 1. The standard InChI is InChI=1S/C25H28ClNO5S2/c26-24-16-23(9-6-20(24)12-13-25(27,18-28)14-15-34(29,30)31)33-22-10-7-21(8-11-22)32-17-19-4-2-1-3-5-19/h1-11,16,28H,12-15,17-18,27H2,(H,29,30,31). The fourth-order valence-corrected chi connectivity index (χ4v) is 5.14. The highest BCUT2D eigenvalue weighted by Crippen LogP contribution is 2.33. The topological polar surface area (TPSA) is 110 Å². The van der Waals surface area contributed by atoms with Gasteiger partial charge in [-0.25, -0.2) is 0 Å². The molecule has 6 nitrogen and oxygen atoms in total. The summed E-state index contributed by atoms with van der Waals surface area (Å²) in [5, 5.41) is 10.2. The summed E-state index contributed by atoms with van der Waals surface area (Å²) in [7, 11) is -4.14. The van der Waals surface area contributed by atoms with Gasteiger partial charge in [0.05, 0.1) is 12.4 Å². The van der Waals surface area contributed by atoms with Crippen LogP contribution in [0, 0.1) is 0 Å². The zero-order valence-corrected chi connectivity index (χ0v) is 21.0. The van der Waals surface area contributed by atoms with Gasteiger partial charge in [-0.1, -0.05) is 59.8 Å². The number of hydrogen-bond donors (Lipinski definition) is 3. The van der Waals surface area contributed by atoms with Crippen molar-refractivity contribution in [3.05, 3.63) is 88.9 Å². The average Bonchev–Trinajstić information content (AvgIpc) is 2.82. The molecule has 0 saturated carbocycles. The predicted octanol–water partition coefficient (Wildman–Crippen LogP) is 4.97. The molecule has 3 rings (SSSR count). The van der Waals surface area contributed by atoms with Crippen LogP contribution in [0.3, 0.4) is 0 Å². The molecule has 1 unspecified atom stereocenters. The summed E-state index contributed by atoms with van der Waals surface area (Å²) in [4.78, 5) is 2.02. The predicted molar refractivity (Wildman–Crippen MR) is 136 cm³/mol. The summed E-state index contributed by atoms with van der Waals surface area (Å²) >= 11 is 8.04. The Morgan fingerprint density at radius 2 is 1.65 bits per heavy atom. The number of aliphatic hydroxyl groups excluding tert-OH is 1. The Hall–Kier alpha value is -2.07. The van der Waals surface area contributed by atoms with E-state index in [-0.39, 0.29) is 13.0 Å². The normalized spacial score (nSPS) is 13.4. The van der Waals surface area contributed by atoms with E-state index >= 15 is 0 Å². The number of ether oxygens (including phenoxy) is 1. The highest BCUT2D eigenvalue weighted by molar-refractivity contribution is 7.99. The number of nitrogens with two attached hydrogens (primary N) is 1. The summed E-state index contributed by atoms with van der Waals surface area (Å²) in [6, 6.07) is 23.6. The minimum Gasteiger partial charge on any atom is -0.489 e. The molecular formula is C25H28ClNO5S2. The van der Waals surface area contributed by atoms with E-state index in [0.717, 1.165) is 26.7 Å². The van der Waals surface area contributed by atoms with Crippen molar-refractivity contribution >= 4 is 33.5 Å². The van der Waals surface area contributed by atoms with E-state index in [9.17, 15) is 13.5 Å². The molecule has 0 aliphatic rings. The lowest BCUT2D eigenvalue weighted by Gasteiger charge is -2.27. The monoisotopic (exact) mass is 521 g/mol. The summed E-state index contributed by atoms with van der Waals surface area (Å²) in [6.45, 7) is 0.125. The summed E-state index contributed by atoms with van der Waals surface area (Å²) < 4.78 is 36.8. The summed E-state index contributed by atoms with van der Waals surface area (Å²) in [5.74, 6) is 0.299. The maximum Gasteiger partial charge on any atom is 0.264 e. The fourth-order valence-electron chi connectivity index (χ4n) is 3.27. The van der Waals surface area contributed by atoms with Crippen LogP contribution in [0.5, 0.6) is 5.75 Å². The highest BCUT2D eigenvalue weighted by Gasteiger charge is 2.26. The molecule has 0 fully saturated rings. The minimum atomic E-state index is -4.14. The molecule has 34 heavy (non-hydrogen) atoms. The number of benzene rings is 3. The third-order valence-electron chi connectivity index (χ3n) is 5.40. The van der Waals surface area contributed by atoms with E-state index in [1.807, 2.05) is 72.8 Å². The molecule has 0 radical (unpaired) electrons. The molecule has 3 aromatic carbocycles. The van der Waals surface area contributed by atoms with Gasteiger partial charge in [0.2, 0.25) is 0 Å². The van der Waals surface area contributed by atoms with Crippen LogP contribution in [0.25, 0.3) is 0 Å². The first-order chi connectivity index (χ1) is 16.2. The van der Waals surface area contributed by atoms with Crippen LogP contribution in [-0.4, -0.2) is 36.0 Å². The van der Waals surface area contributed by atoms with E-state index in [1.165, 1.54) is 0 Å². The van der Waals surface area contributed by atoms with Gasteiger partial charge in [0.1, 0.15) is 12.4 Å². The molecule has 182 valence electrons. The van der Waals surface area contributed by atoms with Crippen molar-refractivity contribution in [3.8, 4) is 5.75 Å². The van der Waals surface area contributed by atoms with Gasteiger partial charge in [0, 0.05) is 20.4 Å². The van der Waals surface area contributed by atoms with Gasteiger partial charge in [-0.2, -0.15) is 8.42 Å². The van der Waals surface area contributed by atoms with Crippen LogP contribution in [0.2, 0.25) is 5.02 Å². The minimum absolute atomic E-state index is 0.0427. The zero-order chi connectivity index (χ0) is 24.6. The van der Waals surface area contributed by atoms with E-state index in [4.69, 9.17) is 26.6 Å². The summed E-state index contributed by atoms with van der Waals surface area (Å²) in [5.41, 5.74) is 6.97. The second kappa shape index (κ2) is 12.1. The van der Waals surface area contributed by atoms with Crippen molar-refractivity contribution in [2.75, 3.05) is 12.4 Å². The molecule has 0 amide bonds. The molecule has 1 atom stereocenters. The SMILES string of the molecule is NC(CO)(CCc1ccc(Sc2ccc(OCc3ccccc3)cc2)cc1Cl)CCS(=O)(=O)O. The molecule has 0 aliphatic carbocycles. The summed E-state index contributed by atoms with van der Waals surface area (Å²) in [6.07, 6.45) is 0.758. The molecule has 0 spiro atoms. The maximum absolute atomic E-state index is 11.0. The Morgan fingerprint density at radius 3 is 2.26 bits per heavy atom. The van der Waals surface area contributed by atoms with E-state index in [0.29, 0.717) is 24.5 Å². The first-order valence-electron chi connectivity index (χ1n) is 10.7. The smallest absolute Gasteiger partial charge is 0.264 e. The van der Waals surface area contributed by atoms with Crippen molar-refractivity contribution in [2.45, 2.75) is 41.2 Å². The molecule has 0 heterocycles. The highest BCUT2D eigenvalue weighted by atomic mass is 35.5. The van der Waals surface area contributed by atoms with Crippen LogP contribution < -0.4 is 10.5 Å². The lowest BCUT2D eigenvalue weighted by molar-refractivity contribution is 0.183. The van der Waals surface area contributed by atoms with Crippen molar-refractivity contribution in [2.24, 2.45) is 5.73 Å². The van der Waals surface area contributed by atoms with Gasteiger partial charge in [0.25, 0.3) is 10.1 Å². The number of aliphatic hydroxyl groups is 1. The van der Waals surface area contributed by atoms with E-state index in [2.05, 4.69) is 0 Å². The molecule has 0 saturated heterocycles. The molecule has 9 heteroatoms. The Morgan fingerprint density at radius 1 is 0.971 bits per heavy atom. The second-order valence-corrected chi connectivity index (χ2v) is 11.3. The van der Waals surface area contributed by atoms with Gasteiger partial charge in [-0.05, 0) is 66.8 Å². The molecule has 4 N–H and O–H groups in total. The Bertz CT molecular complexity index is 1170.